The minimum Gasteiger partial charge on any atom is -0.395 e. The fraction of sp³-hybridized carbons (Fsp3) is 0.333. The van der Waals surface area contributed by atoms with Gasteiger partial charge in [-0.1, -0.05) is 6.92 Å². The zero-order chi connectivity index (χ0) is 13.5. The molecule has 0 saturated carbocycles. The molecule has 0 aliphatic heterocycles. The molecular weight excluding hydrogens is 252 g/mol. The Bertz CT molecular complexity index is 420. The van der Waals surface area contributed by atoms with Crippen LogP contribution in [0.15, 0.2) is 24.3 Å². The number of aliphatic hydroxyl groups excluding tert-OH is 1. The first-order valence-corrected chi connectivity index (χ1v) is 6.50. The molecule has 0 saturated heterocycles. The van der Waals surface area contributed by atoms with Gasteiger partial charge in [0.2, 0.25) is 11.8 Å². The van der Waals surface area contributed by atoms with Gasteiger partial charge in [-0.25, -0.2) is 0 Å². The highest BCUT2D eigenvalue weighted by molar-refractivity contribution is 8.00. The van der Waals surface area contributed by atoms with Gasteiger partial charge in [0, 0.05) is 16.5 Å². The SMILES string of the molecule is CC(CO)SCC(=O)Nc1ccc(C(N)=O)cc1. The molecular formula is C12H16N2O3S. The second-order valence-corrected chi connectivity index (χ2v) is 5.22. The van der Waals surface area contributed by atoms with Crippen molar-refractivity contribution in [1.29, 1.82) is 0 Å². The van der Waals surface area contributed by atoms with E-state index in [1.54, 1.807) is 24.3 Å². The number of amides is 2. The van der Waals surface area contributed by atoms with Gasteiger partial charge in [-0.05, 0) is 24.3 Å². The van der Waals surface area contributed by atoms with Gasteiger partial charge in [0.05, 0.1) is 12.4 Å². The molecule has 0 aliphatic carbocycles. The van der Waals surface area contributed by atoms with E-state index in [0.29, 0.717) is 11.3 Å². The molecule has 0 aromatic heterocycles. The van der Waals surface area contributed by atoms with Crippen molar-refractivity contribution in [3.8, 4) is 0 Å². The molecule has 6 heteroatoms. The van der Waals surface area contributed by atoms with E-state index in [1.165, 1.54) is 11.8 Å². The summed E-state index contributed by atoms with van der Waals surface area (Å²) < 4.78 is 0. The third-order valence-electron chi connectivity index (χ3n) is 2.21. The number of carbonyl (C=O) groups excluding carboxylic acids is 2. The molecule has 1 rings (SSSR count). The molecule has 1 atom stereocenters. The van der Waals surface area contributed by atoms with Gasteiger partial charge >= 0.3 is 0 Å². The number of primary amides is 1. The molecule has 2 amide bonds. The Morgan fingerprint density at radius 3 is 2.50 bits per heavy atom. The summed E-state index contributed by atoms with van der Waals surface area (Å²) in [5.74, 6) is -0.369. The number of nitrogens with one attached hydrogen (secondary N) is 1. The summed E-state index contributed by atoms with van der Waals surface area (Å²) >= 11 is 1.38. The largest absolute Gasteiger partial charge is 0.395 e. The van der Waals surface area contributed by atoms with Crippen molar-refractivity contribution in [3.63, 3.8) is 0 Å². The third-order valence-corrected chi connectivity index (χ3v) is 3.36. The normalized spacial score (nSPS) is 11.9. The summed E-state index contributed by atoms with van der Waals surface area (Å²) in [6.07, 6.45) is 0. The Morgan fingerprint density at radius 1 is 1.39 bits per heavy atom. The van der Waals surface area contributed by atoms with Crippen LogP contribution in [0.3, 0.4) is 0 Å². The van der Waals surface area contributed by atoms with Gasteiger partial charge in [-0.2, -0.15) is 0 Å². The standard InChI is InChI=1S/C12H16N2O3S/c1-8(6-15)18-7-11(16)14-10-4-2-9(3-5-10)12(13)17/h2-5,8,15H,6-7H2,1H3,(H2,13,17)(H,14,16). The van der Waals surface area contributed by atoms with E-state index in [9.17, 15) is 9.59 Å². The van der Waals surface area contributed by atoms with Crippen LogP contribution in [0.5, 0.6) is 0 Å². The number of anilines is 1. The summed E-state index contributed by atoms with van der Waals surface area (Å²) in [6, 6.07) is 6.36. The summed E-state index contributed by atoms with van der Waals surface area (Å²) in [4.78, 5) is 22.4. The van der Waals surface area contributed by atoms with E-state index >= 15 is 0 Å². The quantitative estimate of drug-likeness (QED) is 0.712. The Morgan fingerprint density at radius 2 is 2.00 bits per heavy atom. The predicted molar refractivity (Wildman–Crippen MR) is 72.6 cm³/mol. The fourth-order valence-corrected chi connectivity index (χ4v) is 1.80. The molecule has 0 bridgehead atoms. The highest BCUT2D eigenvalue weighted by Crippen LogP contribution is 2.12. The monoisotopic (exact) mass is 268 g/mol. The predicted octanol–water partition coefficient (Wildman–Crippen LogP) is 0.838. The number of hydrogen-bond acceptors (Lipinski definition) is 4. The van der Waals surface area contributed by atoms with Gasteiger partial charge < -0.3 is 16.2 Å². The minimum absolute atomic E-state index is 0.0352. The first-order chi connectivity index (χ1) is 8.52. The van der Waals surface area contributed by atoms with Crippen molar-refractivity contribution in [2.45, 2.75) is 12.2 Å². The average Bonchev–Trinajstić information content (AvgIpc) is 2.36. The van der Waals surface area contributed by atoms with Crippen molar-refractivity contribution >= 4 is 29.3 Å². The summed E-state index contributed by atoms with van der Waals surface area (Å²) in [6.45, 7) is 1.89. The maximum atomic E-state index is 11.5. The molecule has 0 aliphatic rings. The second kappa shape index (κ2) is 7.03. The molecule has 0 radical (unpaired) electrons. The van der Waals surface area contributed by atoms with E-state index in [-0.39, 0.29) is 23.5 Å². The Hall–Kier alpha value is -1.53. The topological polar surface area (TPSA) is 92.4 Å². The maximum Gasteiger partial charge on any atom is 0.248 e. The molecule has 98 valence electrons. The van der Waals surface area contributed by atoms with Crippen molar-refractivity contribution in [1.82, 2.24) is 0 Å². The van der Waals surface area contributed by atoms with Crippen LogP contribution in [0.1, 0.15) is 17.3 Å². The lowest BCUT2D eigenvalue weighted by Gasteiger charge is -2.08. The van der Waals surface area contributed by atoms with Crippen molar-refractivity contribution in [3.05, 3.63) is 29.8 Å². The summed E-state index contributed by atoms with van der Waals surface area (Å²) in [5.41, 5.74) is 6.12. The lowest BCUT2D eigenvalue weighted by Crippen LogP contribution is -2.17. The number of hydrogen-bond donors (Lipinski definition) is 3. The van der Waals surface area contributed by atoms with Crippen LogP contribution < -0.4 is 11.1 Å². The molecule has 0 fully saturated rings. The number of aliphatic hydroxyl groups is 1. The Balaban J connectivity index is 2.47. The third kappa shape index (κ3) is 4.77. The molecule has 1 aromatic rings. The lowest BCUT2D eigenvalue weighted by atomic mass is 10.2. The number of thioether (sulfide) groups is 1. The molecule has 18 heavy (non-hydrogen) atoms. The Labute approximate surface area is 110 Å². The molecule has 0 spiro atoms. The van der Waals surface area contributed by atoms with Crippen molar-refractivity contribution < 1.29 is 14.7 Å². The number of rotatable bonds is 6. The second-order valence-electron chi connectivity index (χ2n) is 3.79. The van der Waals surface area contributed by atoms with E-state index in [0.717, 1.165) is 0 Å². The average molecular weight is 268 g/mol. The van der Waals surface area contributed by atoms with E-state index < -0.39 is 5.91 Å². The molecule has 4 N–H and O–H groups in total. The first kappa shape index (κ1) is 14.5. The lowest BCUT2D eigenvalue weighted by molar-refractivity contribution is -0.113. The summed E-state index contributed by atoms with van der Waals surface area (Å²) in [5, 5.41) is 11.6. The molecule has 5 nitrogen and oxygen atoms in total. The molecule has 1 aromatic carbocycles. The van der Waals surface area contributed by atoms with Crippen LogP contribution in [-0.4, -0.2) is 34.5 Å². The number of benzene rings is 1. The van der Waals surface area contributed by atoms with Gasteiger partial charge in [-0.3, -0.25) is 9.59 Å². The summed E-state index contributed by atoms with van der Waals surface area (Å²) in [7, 11) is 0. The van der Waals surface area contributed by atoms with Crippen LogP contribution in [0, 0.1) is 0 Å². The van der Waals surface area contributed by atoms with Crippen LogP contribution in [0.2, 0.25) is 0 Å². The number of nitrogens with two attached hydrogens (primary N) is 1. The Kier molecular flexibility index (Phi) is 5.67. The molecule has 1 unspecified atom stereocenters. The maximum absolute atomic E-state index is 11.5. The highest BCUT2D eigenvalue weighted by Gasteiger charge is 2.07. The first-order valence-electron chi connectivity index (χ1n) is 5.45. The smallest absolute Gasteiger partial charge is 0.248 e. The van der Waals surface area contributed by atoms with Crippen LogP contribution in [0.25, 0.3) is 0 Å². The number of carbonyl (C=O) groups is 2. The van der Waals surface area contributed by atoms with Gasteiger partial charge in [0.15, 0.2) is 0 Å². The zero-order valence-electron chi connectivity index (χ0n) is 10.1. The van der Waals surface area contributed by atoms with E-state index in [1.807, 2.05) is 6.92 Å². The van der Waals surface area contributed by atoms with Gasteiger partial charge in [0.25, 0.3) is 0 Å². The van der Waals surface area contributed by atoms with E-state index in [4.69, 9.17) is 10.8 Å². The fourth-order valence-electron chi connectivity index (χ4n) is 1.19. The van der Waals surface area contributed by atoms with Crippen molar-refractivity contribution in [2.24, 2.45) is 5.73 Å². The van der Waals surface area contributed by atoms with Crippen molar-refractivity contribution in [2.75, 3.05) is 17.7 Å². The van der Waals surface area contributed by atoms with Crippen LogP contribution in [-0.2, 0) is 4.79 Å². The highest BCUT2D eigenvalue weighted by atomic mass is 32.2. The molecule has 0 heterocycles. The van der Waals surface area contributed by atoms with Gasteiger partial charge in [-0.15, -0.1) is 11.8 Å². The zero-order valence-corrected chi connectivity index (χ0v) is 10.9. The minimum atomic E-state index is -0.500. The van der Waals surface area contributed by atoms with Crippen LogP contribution in [0.4, 0.5) is 5.69 Å². The van der Waals surface area contributed by atoms with Crippen LogP contribution >= 0.6 is 11.8 Å². The van der Waals surface area contributed by atoms with E-state index in [2.05, 4.69) is 5.32 Å². The van der Waals surface area contributed by atoms with Gasteiger partial charge in [0.1, 0.15) is 0 Å².